The monoisotopic (exact) mass is 216 g/mol. The molecule has 0 aromatic rings. The number of rotatable bonds is 5. The van der Waals surface area contributed by atoms with Crippen molar-refractivity contribution >= 4 is 17.7 Å². The fourth-order valence-electron chi connectivity index (χ4n) is 1.58. The third kappa shape index (κ3) is 3.88. The van der Waals surface area contributed by atoms with Crippen LogP contribution in [0.4, 0.5) is 0 Å². The average molecular weight is 216 g/mol. The zero-order valence-electron chi connectivity index (χ0n) is 8.79. The fourth-order valence-corrected chi connectivity index (χ4v) is 2.78. The molecule has 0 spiro atoms. The molecule has 1 fully saturated rings. The summed E-state index contributed by atoms with van der Waals surface area (Å²) in [5.74, 6) is 1.47. The number of carbonyl (C=O) groups is 1. The molecule has 3 N–H and O–H groups in total. The molecule has 82 valence electrons. The molecular weight excluding hydrogens is 196 g/mol. The summed E-state index contributed by atoms with van der Waals surface area (Å²) in [6.45, 7) is 3.36. The first-order chi connectivity index (χ1) is 6.74. The van der Waals surface area contributed by atoms with Crippen molar-refractivity contribution in [2.45, 2.75) is 31.4 Å². The van der Waals surface area contributed by atoms with Crippen LogP contribution in [0.1, 0.15) is 26.2 Å². The van der Waals surface area contributed by atoms with Crippen molar-refractivity contribution in [1.29, 1.82) is 0 Å². The quantitative estimate of drug-likeness (QED) is 0.720. The maximum Gasteiger partial charge on any atom is 0.222 e. The highest BCUT2D eigenvalue weighted by Gasteiger charge is 2.18. The van der Waals surface area contributed by atoms with Gasteiger partial charge in [-0.1, -0.05) is 6.92 Å². The van der Waals surface area contributed by atoms with Gasteiger partial charge in [0.25, 0.3) is 0 Å². The molecule has 0 aromatic heterocycles. The molecule has 14 heavy (non-hydrogen) atoms. The number of amides is 1. The number of hydrogen-bond donors (Lipinski definition) is 2. The van der Waals surface area contributed by atoms with Crippen molar-refractivity contribution in [2.75, 3.05) is 18.8 Å². The SMILES string of the molecule is CC(CCN)C(=O)NCC1CCCS1. The maximum atomic E-state index is 11.5. The Labute approximate surface area is 90.2 Å². The highest BCUT2D eigenvalue weighted by molar-refractivity contribution is 8.00. The van der Waals surface area contributed by atoms with Crippen LogP contribution in [0.25, 0.3) is 0 Å². The Morgan fingerprint density at radius 1 is 1.71 bits per heavy atom. The molecular formula is C10H20N2OS. The summed E-state index contributed by atoms with van der Waals surface area (Å²) in [7, 11) is 0. The van der Waals surface area contributed by atoms with E-state index in [9.17, 15) is 4.79 Å². The average Bonchev–Trinajstić information content (AvgIpc) is 2.67. The highest BCUT2D eigenvalue weighted by Crippen LogP contribution is 2.25. The summed E-state index contributed by atoms with van der Waals surface area (Å²) in [5, 5.41) is 3.64. The molecule has 0 aliphatic carbocycles. The standard InChI is InChI=1S/C10H20N2OS/c1-8(4-5-11)10(13)12-7-9-3-2-6-14-9/h8-9H,2-7,11H2,1H3,(H,12,13). The minimum absolute atomic E-state index is 0.0615. The number of thioether (sulfide) groups is 1. The molecule has 1 aliphatic rings. The van der Waals surface area contributed by atoms with Gasteiger partial charge in [-0.2, -0.15) is 11.8 Å². The lowest BCUT2D eigenvalue weighted by Gasteiger charge is -2.13. The Morgan fingerprint density at radius 2 is 2.50 bits per heavy atom. The van der Waals surface area contributed by atoms with Crippen molar-refractivity contribution in [3.05, 3.63) is 0 Å². The minimum Gasteiger partial charge on any atom is -0.355 e. The topological polar surface area (TPSA) is 55.1 Å². The van der Waals surface area contributed by atoms with Crippen molar-refractivity contribution < 1.29 is 4.79 Å². The van der Waals surface area contributed by atoms with E-state index in [-0.39, 0.29) is 11.8 Å². The van der Waals surface area contributed by atoms with Crippen molar-refractivity contribution in [2.24, 2.45) is 11.7 Å². The van der Waals surface area contributed by atoms with Crippen molar-refractivity contribution in [3.63, 3.8) is 0 Å². The number of hydrogen-bond acceptors (Lipinski definition) is 3. The molecule has 4 heteroatoms. The van der Waals surface area contributed by atoms with E-state index < -0.39 is 0 Å². The third-order valence-electron chi connectivity index (χ3n) is 2.58. The first-order valence-electron chi connectivity index (χ1n) is 5.33. The predicted molar refractivity (Wildman–Crippen MR) is 61.3 cm³/mol. The molecule has 2 atom stereocenters. The van der Waals surface area contributed by atoms with Crippen LogP contribution >= 0.6 is 11.8 Å². The highest BCUT2D eigenvalue weighted by atomic mass is 32.2. The van der Waals surface area contributed by atoms with Gasteiger partial charge >= 0.3 is 0 Å². The number of nitrogens with two attached hydrogens (primary N) is 1. The zero-order valence-corrected chi connectivity index (χ0v) is 9.61. The summed E-state index contributed by atoms with van der Waals surface area (Å²) in [6.07, 6.45) is 3.32. The summed E-state index contributed by atoms with van der Waals surface area (Å²) >= 11 is 1.97. The van der Waals surface area contributed by atoms with Gasteiger partial charge in [0.05, 0.1) is 0 Å². The largest absolute Gasteiger partial charge is 0.355 e. The normalized spacial score (nSPS) is 23.4. The molecule has 1 heterocycles. The summed E-state index contributed by atoms with van der Waals surface area (Å²) in [4.78, 5) is 11.5. The minimum atomic E-state index is 0.0615. The van der Waals surface area contributed by atoms with E-state index in [0.717, 1.165) is 13.0 Å². The van der Waals surface area contributed by atoms with Gasteiger partial charge in [0, 0.05) is 17.7 Å². The van der Waals surface area contributed by atoms with Gasteiger partial charge in [0.1, 0.15) is 0 Å². The summed E-state index contributed by atoms with van der Waals surface area (Å²) in [5.41, 5.74) is 5.40. The van der Waals surface area contributed by atoms with Crippen LogP contribution in [0.15, 0.2) is 0 Å². The lowest BCUT2D eigenvalue weighted by Crippen LogP contribution is -2.34. The molecule has 1 amide bonds. The van der Waals surface area contributed by atoms with E-state index in [1.54, 1.807) is 0 Å². The molecule has 1 rings (SSSR count). The van der Waals surface area contributed by atoms with Crippen molar-refractivity contribution in [3.8, 4) is 0 Å². The van der Waals surface area contributed by atoms with Crippen LogP contribution in [-0.2, 0) is 4.79 Å². The second-order valence-corrected chi connectivity index (χ2v) is 5.27. The third-order valence-corrected chi connectivity index (χ3v) is 3.97. The number of carbonyl (C=O) groups excluding carboxylic acids is 1. The Morgan fingerprint density at radius 3 is 3.07 bits per heavy atom. The molecule has 0 saturated carbocycles. The second kappa shape index (κ2) is 6.30. The van der Waals surface area contributed by atoms with E-state index >= 15 is 0 Å². The fraction of sp³-hybridized carbons (Fsp3) is 0.900. The van der Waals surface area contributed by atoms with E-state index in [1.807, 2.05) is 18.7 Å². The maximum absolute atomic E-state index is 11.5. The molecule has 3 nitrogen and oxygen atoms in total. The smallest absolute Gasteiger partial charge is 0.222 e. The van der Waals surface area contributed by atoms with Crippen molar-refractivity contribution in [1.82, 2.24) is 5.32 Å². The molecule has 1 aliphatic heterocycles. The van der Waals surface area contributed by atoms with Crippen LogP contribution in [0.2, 0.25) is 0 Å². The van der Waals surface area contributed by atoms with Gasteiger partial charge in [0.15, 0.2) is 0 Å². The zero-order chi connectivity index (χ0) is 10.4. The Hall–Kier alpha value is -0.220. The van der Waals surface area contributed by atoms with Crippen LogP contribution in [-0.4, -0.2) is 30.0 Å². The molecule has 0 bridgehead atoms. The van der Waals surface area contributed by atoms with E-state index in [4.69, 9.17) is 5.73 Å². The molecule has 1 saturated heterocycles. The van der Waals surface area contributed by atoms with Gasteiger partial charge in [0.2, 0.25) is 5.91 Å². The second-order valence-electron chi connectivity index (χ2n) is 3.86. The van der Waals surface area contributed by atoms with Gasteiger partial charge in [-0.15, -0.1) is 0 Å². The van der Waals surface area contributed by atoms with Crippen LogP contribution in [0.5, 0.6) is 0 Å². The van der Waals surface area contributed by atoms with E-state index in [0.29, 0.717) is 11.8 Å². The summed E-state index contributed by atoms with van der Waals surface area (Å²) in [6, 6.07) is 0. The van der Waals surface area contributed by atoms with E-state index in [2.05, 4.69) is 5.32 Å². The van der Waals surface area contributed by atoms with Gasteiger partial charge < -0.3 is 11.1 Å². The van der Waals surface area contributed by atoms with Gasteiger partial charge in [-0.25, -0.2) is 0 Å². The van der Waals surface area contributed by atoms with Crippen LogP contribution in [0, 0.1) is 5.92 Å². The molecule has 0 aromatic carbocycles. The van der Waals surface area contributed by atoms with Gasteiger partial charge in [-0.05, 0) is 31.6 Å². The number of nitrogens with one attached hydrogen (secondary N) is 1. The first-order valence-corrected chi connectivity index (χ1v) is 6.38. The Kier molecular flexibility index (Phi) is 5.33. The Bertz CT molecular complexity index is 181. The van der Waals surface area contributed by atoms with Gasteiger partial charge in [-0.3, -0.25) is 4.79 Å². The van der Waals surface area contributed by atoms with Crippen LogP contribution < -0.4 is 11.1 Å². The summed E-state index contributed by atoms with van der Waals surface area (Å²) < 4.78 is 0. The molecule has 2 unspecified atom stereocenters. The van der Waals surface area contributed by atoms with E-state index in [1.165, 1.54) is 18.6 Å². The Balaban J connectivity index is 2.13. The lowest BCUT2D eigenvalue weighted by molar-refractivity contribution is -0.124. The van der Waals surface area contributed by atoms with Crippen LogP contribution in [0.3, 0.4) is 0 Å². The lowest BCUT2D eigenvalue weighted by atomic mass is 10.1. The predicted octanol–water partition coefficient (Wildman–Crippen LogP) is 0.983. The molecule has 0 radical (unpaired) electrons. The first kappa shape index (κ1) is 11.9.